The molecule has 0 amide bonds. The Morgan fingerprint density at radius 2 is 1.89 bits per heavy atom. The molecule has 0 unspecified atom stereocenters. The number of rotatable bonds is 9. The van der Waals surface area contributed by atoms with Crippen LogP contribution in [0.1, 0.15) is 41.2 Å². The minimum Gasteiger partial charge on any atom is -0.508 e. The van der Waals surface area contributed by atoms with Gasteiger partial charge in [-0.3, -0.25) is 9.74 Å². The molecule has 2 aliphatic rings. The van der Waals surface area contributed by atoms with E-state index in [0.29, 0.717) is 66.7 Å². The highest BCUT2D eigenvalue weighted by molar-refractivity contribution is 5.81. The maximum absolute atomic E-state index is 14.9. The highest BCUT2D eigenvalue weighted by Crippen LogP contribution is 2.27. The van der Waals surface area contributed by atoms with E-state index in [4.69, 9.17) is 14.8 Å². The molecule has 230 valence electrons. The number of halogens is 2. The van der Waals surface area contributed by atoms with Crippen LogP contribution >= 0.6 is 0 Å². The van der Waals surface area contributed by atoms with Crippen molar-refractivity contribution in [2.75, 3.05) is 38.5 Å². The molecule has 0 spiro atoms. The molecule has 0 aliphatic carbocycles. The zero-order chi connectivity index (χ0) is 31.2. The van der Waals surface area contributed by atoms with E-state index >= 15 is 0 Å². The lowest BCUT2D eigenvalue weighted by molar-refractivity contribution is -0.0279. The van der Waals surface area contributed by atoms with Crippen molar-refractivity contribution in [3.63, 3.8) is 0 Å². The molecule has 44 heavy (non-hydrogen) atoms. The standard InChI is InChI=1S/C30H29F2N7O3.CH5N/c1-19(40)22-15-25(32)30-26(16-22)39(38-12-13-41-38)28(36-30)18-37-10-7-23(8-11-37)42-29-6-9-34-27(35-29)5-4-21-3-2-20(17-33)14-24(21)31;1-2/h2-3,6,9,14-16,23,40H,1,4-5,7-8,10-13,18H2;2H2,1H3. The number of hydrogen-bond acceptors (Lipinski definition) is 10. The minimum atomic E-state index is -0.531. The van der Waals surface area contributed by atoms with Gasteiger partial charge in [-0.15, -0.1) is 0 Å². The van der Waals surface area contributed by atoms with E-state index in [0.717, 1.165) is 25.9 Å². The summed E-state index contributed by atoms with van der Waals surface area (Å²) in [5.41, 5.74) is 6.31. The Morgan fingerprint density at radius 1 is 1.11 bits per heavy atom. The number of fused-ring (bicyclic) bond motifs is 1. The van der Waals surface area contributed by atoms with Crippen molar-refractivity contribution in [2.45, 2.75) is 38.3 Å². The first-order valence-corrected chi connectivity index (χ1v) is 14.3. The van der Waals surface area contributed by atoms with Gasteiger partial charge in [0.05, 0.1) is 36.8 Å². The van der Waals surface area contributed by atoms with Gasteiger partial charge in [-0.05, 0) is 56.1 Å². The Morgan fingerprint density at radius 3 is 2.55 bits per heavy atom. The normalized spacial score (nSPS) is 15.3. The van der Waals surface area contributed by atoms with E-state index in [1.807, 2.05) is 6.07 Å². The van der Waals surface area contributed by atoms with Gasteiger partial charge >= 0.3 is 0 Å². The summed E-state index contributed by atoms with van der Waals surface area (Å²) >= 11 is 0. The Balaban J connectivity index is 0.00000188. The van der Waals surface area contributed by atoms with Crippen LogP contribution in [0.15, 0.2) is 49.2 Å². The van der Waals surface area contributed by atoms with Crippen LogP contribution in [0.5, 0.6) is 5.88 Å². The summed E-state index contributed by atoms with van der Waals surface area (Å²) in [6.45, 7) is 6.69. The molecule has 0 radical (unpaired) electrons. The number of aliphatic hydroxyl groups excluding tert-OH is 1. The summed E-state index contributed by atoms with van der Waals surface area (Å²) in [7, 11) is 1.50. The van der Waals surface area contributed by atoms with Crippen molar-refractivity contribution < 1.29 is 23.5 Å². The second-order valence-corrected chi connectivity index (χ2v) is 10.3. The number of ether oxygens (including phenoxy) is 1. The van der Waals surface area contributed by atoms with Crippen molar-refractivity contribution in [2.24, 2.45) is 5.73 Å². The van der Waals surface area contributed by atoms with Crippen molar-refractivity contribution >= 4 is 16.8 Å². The lowest BCUT2D eigenvalue weighted by Crippen LogP contribution is -2.49. The molecule has 0 bridgehead atoms. The lowest BCUT2D eigenvalue weighted by Gasteiger charge is -2.35. The topological polar surface area (TPSA) is 139 Å². The summed E-state index contributed by atoms with van der Waals surface area (Å²) in [4.78, 5) is 21.2. The van der Waals surface area contributed by atoms with Crippen molar-refractivity contribution in [3.05, 3.63) is 89.1 Å². The maximum atomic E-state index is 14.9. The number of piperidine rings is 1. The van der Waals surface area contributed by atoms with Crippen LogP contribution in [0.3, 0.4) is 0 Å². The van der Waals surface area contributed by atoms with Crippen molar-refractivity contribution in [1.82, 2.24) is 24.5 Å². The second-order valence-electron chi connectivity index (χ2n) is 10.3. The average Bonchev–Trinajstić information content (AvgIpc) is 3.35. The third-order valence-electron chi connectivity index (χ3n) is 7.50. The van der Waals surface area contributed by atoms with E-state index < -0.39 is 11.6 Å². The zero-order valence-electron chi connectivity index (χ0n) is 24.4. The van der Waals surface area contributed by atoms with Crippen LogP contribution in [0.4, 0.5) is 8.78 Å². The second kappa shape index (κ2) is 13.8. The monoisotopic (exact) mass is 604 g/mol. The number of nitriles is 1. The van der Waals surface area contributed by atoms with E-state index in [9.17, 15) is 13.9 Å². The van der Waals surface area contributed by atoms with Gasteiger partial charge in [0.1, 0.15) is 34.8 Å². The highest BCUT2D eigenvalue weighted by atomic mass is 19.1. The molecule has 3 N–H and O–H groups in total. The molecular weight excluding hydrogens is 570 g/mol. The van der Waals surface area contributed by atoms with Crippen LogP contribution < -0.4 is 15.6 Å². The molecule has 4 heterocycles. The molecule has 13 heteroatoms. The van der Waals surface area contributed by atoms with Gasteiger partial charge in [-0.2, -0.15) is 15.4 Å². The zero-order valence-corrected chi connectivity index (χ0v) is 24.4. The summed E-state index contributed by atoms with van der Waals surface area (Å²) in [5, 5.41) is 20.4. The molecule has 2 aromatic heterocycles. The first-order valence-electron chi connectivity index (χ1n) is 14.3. The Kier molecular flexibility index (Phi) is 9.64. The van der Waals surface area contributed by atoms with Crippen molar-refractivity contribution in [1.29, 1.82) is 5.26 Å². The number of hydrogen-bond donors (Lipinski definition) is 2. The average molecular weight is 605 g/mol. The molecule has 2 fully saturated rings. The number of nitrogens with zero attached hydrogens (tertiary/aromatic N) is 7. The summed E-state index contributed by atoms with van der Waals surface area (Å²) in [6.07, 6.45) is 3.98. The molecule has 2 aliphatic heterocycles. The minimum absolute atomic E-state index is 0.0342. The predicted molar refractivity (Wildman–Crippen MR) is 160 cm³/mol. The van der Waals surface area contributed by atoms with Crippen LogP contribution in [0, 0.1) is 23.0 Å². The summed E-state index contributed by atoms with van der Waals surface area (Å²) in [5.74, 6) is 0.521. The molecule has 11 nitrogen and oxygen atoms in total. The summed E-state index contributed by atoms with van der Waals surface area (Å²) in [6, 6.07) is 11.0. The van der Waals surface area contributed by atoms with E-state index in [1.165, 1.54) is 19.2 Å². The van der Waals surface area contributed by atoms with Gasteiger partial charge in [-0.1, -0.05) is 12.6 Å². The number of hydroxylamine groups is 1. The molecule has 4 aromatic rings. The number of benzene rings is 2. The number of aliphatic hydroxyl groups is 1. The third-order valence-corrected chi connectivity index (χ3v) is 7.50. The van der Waals surface area contributed by atoms with E-state index in [1.54, 1.807) is 40.3 Å². The van der Waals surface area contributed by atoms with Gasteiger partial charge in [0.15, 0.2) is 5.82 Å². The summed E-state index contributed by atoms with van der Waals surface area (Å²) < 4.78 is 37.0. The van der Waals surface area contributed by atoms with Crippen LogP contribution in [0.25, 0.3) is 16.8 Å². The van der Waals surface area contributed by atoms with Gasteiger partial charge in [0.25, 0.3) is 0 Å². The van der Waals surface area contributed by atoms with E-state index in [2.05, 4.69) is 32.2 Å². The van der Waals surface area contributed by atoms with Crippen LogP contribution in [-0.4, -0.2) is 69.0 Å². The first-order chi connectivity index (χ1) is 21.4. The Bertz CT molecular complexity index is 1680. The highest BCUT2D eigenvalue weighted by Gasteiger charge is 2.28. The van der Waals surface area contributed by atoms with Crippen LogP contribution in [0.2, 0.25) is 0 Å². The number of nitrogens with two attached hydrogens (primary N) is 1. The van der Waals surface area contributed by atoms with Crippen LogP contribution in [-0.2, 0) is 24.2 Å². The fourth-order valence-electron chi connectivity index (χ4n) is 5.21. The molecule has 0 atom stereocenters. The maximum Gasteiger partial charge on any atom is 0.216 e. The van der Waals surface area contributed by atoms with Crippen molar-refractivity contribution in [3.8, 4) is 11.9 Å². The third kappa shape index (κ3) is 6.78. The Labute approximate surface area is 253 Å². The molecule has 0 saturated carbocycles. The van der Waals surface area contributed by atoms with Gasteiger partial charge in [0.2, 0.25) is 5.88 Å². The fraction of sp³-hybridized carbons (Fsp3) is 0.355. The number of likely N-dealkylation sites (tertiary alicyclic amines) is 1. The van der Waals surface area contributed by atoms with Gasteiger partial charge in [0, 0.05) is 37.3 Å². The quantitative estimate of drug-likeness (QED) is 0.271. The number of imidazole rings is 1. The van der Waals surface area contributed by atoms with Gasteiger partial charge < -0.3 is 15.6 Å². The predicted octanol–water partition coefficient (Wildman–Crippen LogP) is 3.79. The molecule has 6 rings (SSSR count). The first kappa shape index (κ1) is 30.8. The largest absolute Gasteiger partial charge is 0.508 e. The molecule has 2 aromatic carbocycles. The van der Waals surface area contributed by atoms with Gasteiger partial charge in [-0.25, -0.2) is 23.4 Å². The number of aromatic nitrogens is 4. The number of aryl methyl sites for hydroxylation is 2. The fourth-order valence-corrected chi connectivity index (χ4v) is 5.21. The Hall–Kier alpha value is -4.64. The lowest BCUT2D eigenvalue weighted by atomic mass is 10.1. The molecule has 2 saturated heterocycles. The van der Waals surface area contributed by atoms with E-state index in [-0.39, 0.29) is 22.9 Å². The smallest absolute Gasteiger partial charge is 0.216 e. The molecular formula is C31H34F2N8O3. The SMILES string of the molecule is C=C(O)c1cc(F)c2nc(CN3CCC(Oc4ccnc(CCc5ccc(C#N)cc5F)n4)CC3)n(N3CCO3)c2c1.CN.